The van der Waals surface area contributed by atoms with Crippen LogP contribution in [0.25, 0.3) is 11.4 Å². The van der Waals surface area contributed by atoms with Gasteiger partial charge in [0.25, 0.3) is 0 Å². The fourth-order valence-electron chi connectivity index (χ4n) is 2.92. The molecule has 148 valence electrons. The molecule has 1 heterocycles. The highest BCUT2D eigenvalue weighted by Crippen LogP contribution is 2.39. The molecule has 0 fully saturated rings. The molecule has 8 nitrogen and oxygen atoms in total. The summed E-state index contributed by atoms with van der Waals surface area (Å²) in [6.07, 6.45) is 0. The summed E-state index contributed by atoms with van der Waals surface area (Å²) >= 11 is 5.38. The first kappa shape index (κ1) is 19.6. The zero-order valence-electron chi connectivity index (χ0n) is 16.1. The Bertz CT molecular complexity index is 1020. The summed E-state index contributed by atoms with van der Waals surface area (Å²) in [5, 5.41) is 7.15. The van der Waals surface area contributed by atoms with Gasteiger partial charge in [-0.3, -0.25) is 0 Å². The monoisotopic (exact) mass is 402 g/mol. The quantitative estimate of drug-likeness (QED) is 0.559. The lowest BCUT2D eigenvalue weighted by molar-refractivity contribution is 0.322. The predicted molar refractivity (Wildman–Crippen MR) is 109 cm³/mol. The van der Waals surface area contributed by atoms with Crippen LogP contribution < -0.4 is 24.4 Å². The molecule has 0 amide bonds. The second kappa shape index (κ2) is 8.66. The van der Waals surface area contributed by atoms with Crippen molar-refractivity contribution in [1.82, 2.24) is 14.9 Å². The van der Waals surface area contributed by atoms with Gasteiger partial charge in [0.15, 0.2) is 17.3 Å². The number of hydrogen-bond donors (Lipinski definition) is 2. The lowest BCUT2D eigenvalue weighted by Crippen LogP contribution is -2.16. The second-order valence-electron chi connectivity index (χ2n) is 5.72. The Kier molecular flexibility index (Phi) is 6.05. The normalized spacial score (nSPS) is 10.4. The van der Waals surface area contributed by atoms with Crippen LogP contribution >= 0.6 is 12.2 Å². The smallest absolute Gasteiger partial charge is 0.214 e. The van der Waals surface area contributed by atoms with E-state index in [0.29, 0.717) is 40.1 Å². The van der Waals surface area contributed by atoms with Gasteiger partial charge in [-0.15, -0.1) is 0 Å². The molecule has 2 N–H and O–H groups in total. The number of benzene rings is 2. The molecule has 0 aliphatic heterocycles. The molecule has 0 spiro atoms. The number of nitrogens with one attached hydrogen (secondary N) is 2. The van der Waals surface area contributed by atoms with E-state index in [9.17, 15) is 0 Å². The highest BCUT2D eigenvalue weighted by molar-refractivity contribution is 7.71. The first-order valence-corrected chi connectivity index (χ1v) is 8.88. The Morgan fingerprint density at radius 2 is 1.64 bits per heavy atom. The average Bonchev–Trinajstić information content (AvgIpc) is 3.11. The van der Waals surface area contributed by atoms with Crippen molar-refractivity contribution < 1.29 is 18.9 Å². The van der Waals surface area contributed by atoms with Crippen molar-refractivity contribution in [1.29, 1.82) is 0 Å². The summed E-state index contributed by atoms with van der Waals surface area (Å²) in [7, 11) is 6.36. The van der Waals surface area contributed by atoms with E-state index in [1.165, 1.54) is 0 Å². The SMILES string of the molecule is COc1ccccc1-c1n[nH]c(=S)n1NCc1ccc(OC)c(OC)c1OC. The van der Waals surface area contributed by atoms with Gasteiger partial charge in [-0.1, -0.05) is 12.1 Å². The van der Waals surface area contributed by atoms with E-state index in [1.54, 1.807) is 33.1 Å². The molecule has 28 heavy (non-hydrogen) atoms. The first-order chi connectivity index (χ1) is 13.6. The number of aromatic nitrogens is 3. The minimum atomic E-state index is 0.416. The van der Waals surface area contributed by atoms with Crippen molar-refractivity contribution in [2.75, 3.05) is 33.9 Å². The average molecular weight is 402 g/mol. The second-order valence-corrected chi connectivity index (χ2v) is 6.10. The third-order valence-corrected chi connectivity index (χ3v) is 4.51. The number of hydrogen-bond acceptors (Lipinski definition) is 7. The standard InChI is InChI=1S/C19H22N4O4S/c1-24-14-8-6-5-7-13(14)18-21-22-19(28)23(18)20-11-12-9-10-15(25-2)17(27-4)16(12)26-3/h5-10,20H,11H2,1-4H3,(H,22,28). The molecule has 0 radical (unpaired) electrons. The molecule has 1 aromatic heterocycles. The number of nitrogens with zero attached hydrogens (tertiary/aromatic N) is 2. The van der Waals surface area contributed by atoms with Crippen LogP contribution in [0.15, 0.2) is 36.4 Å². The largest absolute Gasteiger partial charge is 0.496 e. The molecule has 0 bridgehead atoms. The fourth-order valence-corrected chi connectivity index (χ4v) is 3.12. The van der Waals surface area contributed by atoms with E-state index >= 15 is 0 Å². The number of methoxy groups -OCH3 is 4. The van der Waals surface area contributed by atoms with Crippen molar-refractivity contribution >= 4 is 12.2 Å². The molecule has 0 saturated carbocycles. The van der Waals surface area contributed by atoms with E-state index in [4.69, 9.17) is 31.2 Å². The van der Waals surface area contributed by atoms with E-state index < -0.39 is 0 Å². The molecule has 3 aromatic rings. The van der Waals surface area contributed by atoms with Crippen LogP contribution in [-0.4, -0.2) is 43.3 Å². The summed E-state index contributed by atoms with van der Waals surface area (Å²) in [6.45, 7) is 0.416. The third-order valence-electron chi connectivity index (χ3n) is 4.23. The summed E-state index contributed by atoms with van der Waals surface area (Å²) < 4.78 is 23.9. The maximum atomic E-state index is 5.54. The number of para-hydroxylation sites is 1. The number of rotatable bonds is 8. The van der Waals surface area contributed by atoms with Crippen molar-refractivity contribution in [3.8, 4) is 34.4 Å². The van der Waals surface area contributed by atoms with Gasteiger partial charge in [-0.2, -0.15) is 5.10 Å². The first-order valence-electron chi connectivity index (χ1n) is 8.47. The molecule has 0 unspecified atom stereocenters. The Hall–Kier alpha value is -3.20. The van der Waals surface area contributed by atoms with Gasteiger partial charge in [0.1, 0.15) is 5.75 Å². The van der Waals surface area contributed by atoms with Gasteiger partial charge in [-0.25, -0.2) is 9.77 Å². The number of aromatic amines is 1. The molecule has 0 aliphatic carbocycles. The molecule has 0 atom stereocenters. The summed E-state index contributed by atoms with van der Waals surface area (Å²) in [4.78, 5) is 0. The lowest BCUT2D eigenvalue weighted by Gasteiger charge is -2.17. The maximum absolute atomic E-state index is 5.54. The lowest BCUT2D eigenvalue weighted by atomic mass is 10.1. The Labute approximate surface area is 168 Å². The molecule has 2 aromatic carbocycles. The van der Waals surface area contributed by atoms with Crippen molar-refractivity contribution in [3.63, 3.8) is 0 Å². The van der Waals surface area contributed by atoms with Crippen LogP contribution in [0.2, 0.25) is 0 Å². The topological polar surface area (TPSA) is 82.6 Å². The maximum Gasteiger partial charge on any atom is 0.214 e. The minimum Gasteiger partial charge on any atom is -0.496 e. The van der Waals surface area contributed by atoms with Gasteiger partial charge < -0.3 is 24.4 Å². The van der Waals surface area contributed by atoms with Crippen LogP contribution in [0.5, 0.6) is 23.0 Å². The van der Waals surface area contributed by atoms with Crippen LogP contribution in [0.1, 0.15) is 5.56 Å². The van der Waals surface area contributed by atoms with Gasteiger partial charge >= 0.3 is 0 Å². The van der Waals surface area contributed by atoms with Gasteiger partial charge in [-0.05, 0) is 36.5 Å². The van der Waals surface area contributed by atoms with Crippen LogP contribution in [0, 0.1) is 4.77 Å². The van der Waals surface area contributed by atoms with Crippen molar-refractivity contribution in [2.24, 2.45) is 0 Å². The molecule has 0 aliphatic rings. The third kappa shape index (κ3) is 3.61. The summed E-state index contributed by atoms with van der Waals surface area (Å²) in [5.41, 5.74) is 4.96. The fraction of sp³-hybridized carbons (Fsp3) is 0.263. The van der Waals surface area contributed by atoms with Crippen molar-refractivity contribution in [3.05, 3.63) is 46.7 Å². The van der Waals surface area contributed by atoms with E-state index in [1.807, 2.05) is 36.4 Å². The van der Waals surface area contributed by atoms with E-state index in [0.717, 1.165) is 11.1 Å². The van der Waals surface area contributed by atoms with Gasteiger partial charge in [0, 0.05) is 5.56 Å². The molecule has 9 heteroatoms. The van der Waals surface area contributed by atoms with Gasteiger partial charge in [0.05, 0.1) is 40.5 Å². The molecule has 0 saturated heterocycles. The Morgan fingerprint density at radius 1 is 0.929 bits per heavy atom. The molecule has 3 rings (SSSR count). The minimum absolute atomic E-state index is 0.416. The molecular weight excluding hydrogens is 380 g/mol. The van der Waals surface area contributed by atoms with Gasteiger partial charge in [0.2, 0.25) is 10.5 Å². The zero-order chi connectivity index (χ0) is 20.1. The van der Waals surface area contributed by atoms with E-state index in [2.05, 4.69) is 15.6 Å². The van der Waals surface area contributed by atoms with Crippen LogP contribution in [-0.2, 0) is 6.54 Å². The highest BCUT2D eigenvalue weighted by Gasteiger charge is 2.17. The summed E-state index contributed by atoms with van der Waals surface area (Å²) in [6, 6.07) is 11.3. The Morgan fingerprint density at radius 3 is 2.32 bits per heavy atom. The van der Waals surface area contributed by atoms with Crippen LogP contribution in [0.4, 0.5) is 0 Å². The summed E-state index contributed by atoms with van der Waals surface area (Å²) in [5.74, 6) is 3.02. The number of H-pyrrole nitrogens is 1. The van der Waals surface area contributed by atoms with E-state index in [-0.39, 0.29) is 0 Å². The molecular formula is C19H22N4O4S. The van der Waals surface area contributed by atoms with Crippen molar-refractivity contribution in [2.45, 2.75) is 6.54 Å². The Balaban J connectivity index is 1.95. The predicted octanol–water partition coefficient (Wildman–Crippen LogP) is 3.39. The highest BCUT2D eigenvalue weighted by atomic mass is 32.1. The zero-order valence-corrected chi connectivity index (χ0v) is 16.9. The number of ether oxygens (including phenoxy) is 4. The van der Waals surface area contributed by atoms with Crippen LogP contribution in [0.3, 0.4) is 0 Å².